The molecule has 0 saturated carbocycles. The second-order valence-electron chi connectivity index (χ2n) is 8.54. The van der Waals surface area contributed by atoms with Gasteiger partial charge in [0.1, 0.15) is 0 Å². The van der Waals surface area contributed by atoms with E-state index in [1.807, 2.05) is 51.1 Å². The molecule has 3 amide bonds. The Morgan fingerprint density at radius 1 is 1.14 bits per heavy atom. The van der Waals surface area contributed by atoms with E-state index in [4.69, 9.17) is 0 Å². The van der Waals surface area contributed by atoms with E-state index in [0.717, 1.165) is 18.7 Å². The van der Waals surface area contributed by atoms with Crippen LogP contribution in [0.4, 0.5) is 0 Å². The van der Waals surface area contributed by atoms with E-state index in [2.05, 4.69) is 5.32 Å². The molecule has 0 radical (unpaired) electrons. The summed E-state index contributed by atoms with van der Waals surface area (Å²) in [6, 6.07) is 9.57. The molecule has 0 unspecified atom stereocenters. The van der Waals surface area contributed by atoms with E-state index in [1.165, 1.54) is 15.9 Å². The zero-order chi connectivity index (χ0) is 21.4. The summed E-state index contributed by atoms with van der Waals surface area (Å²) in [7, 11) is 1.63. The van der Waals surface area contributed by atoms with Crippen LogP contribution in [0.15, 0.2) is 36.4 Å². The number of piperazine rings is 1. The summed E-state index contributed by atoms with van der Waals surface area (Å²) in [6.07, 6.45) is 3.23. The Morgan fingerprint density at radius 2 is 1.76 bits per heavy atom. The van der Waals surface area contributed by atoms with Crippen LogP contribution >= 0.6 is 0 Å². The minimum atomic E-state index is -0.236. The Kier molecular flexibility index (Phi) is 7.96. The average Bonchev–Trinajstić information content (AvgIpc) is 2.65. The van der Waals surface area contributed by atoms with Gasteiger partial charge in [0, 0.05) is 18.7 Å². The molecular formula is C22H33N4O3+. The Bertz CT molecular complexity index is 732. The van der Waals surface area contributed by atoms with Crippen molar-refractivity contribution in [3.05, 3.63) is 42.0 Å². The predicted molar refractivity (Wildman–Crippen MR) is 113 cm³/mol. The van der Waals surface area contributed by atoms with Crippen molar-refractivity contribution >= 4 is 23.8 Å². The van der Waals surface area contributed by atoms with Crippen molar-refractivity contribution in [1.29, 1.82) is 0 Å². The standard InChI is InChI=1S/C22H32N4O3/c1-22(2,3)23-19(27)16-25-12-14-26(15-13-25)21(29)17-24(4)20(28)11-10-18-8-6-5-7-9-18/h5-11H,12-17H2,1-4H3,(H,23,27)/p+1/b11-10+. The number of nitrogens with zero attached hydrogens (tertiary/aromatic N) is 2. The van der Waals surface area contributed by atoms with Gasteiger partial charge in [-0.15, -0.1) is 0 Å². The Balaban J connectivity index is 1.75. The first-order valence-corrected chi connectivity index (χ1v) is 10.0. The van der Waals surface area contributed by atoms with E-state index >= 15 is 0 Å². The van der Waals surface area contributed by atoms with E-state index in [1.54, 1.807) is 18.0 Å². The molecule has 1 heterocycles. The SMILES string of the molecule is CN(CC(=O)N1CC[NH+](CC(=O)NC(C)(C)C)CC1)C(=O)/C=C/c1ccccc1. The molecule has 29 heavy (non-hydrogen) atoms. The lowest BCUT2D eigenvalue weighted by Gasteiger charge is -2.33. The number of carbonyl (C=O) groups is 3. The third-order valence-corrected chi connectivity index (χ3v) is 4.71. The molecule has 2 N–H and O–H groups in total. The summed E-state index contributed by atoms with van der Waals surface area (Å²) < 4.78 is 0. The van der Waals surface area contributed by atoms with Crippen molar-refractivity contribution in [2.45, 2.75) is 26.3 Å². The van der Waals surface area contributed by atoms with Gasteiger partial charge < -0.3 is 20.0 Å². The normalized spacial score (nSPS) is 15.4. The highest BCUT2D eigenvalue weighted by atomic mass is 16.2. The molecule has 1 aromatic carbocycles. The summed E-state index contributed by atoms with van der Waals surface area (Å²) in [5.41, 5.74) is 0.704. The summed E-state index contributed by atoms with van der Waals surface area (Å²) in [4.78, 5) is 41.2. The topological polar surface area (TPSA) is 74.2 Å². The maximum Gasteiger partial charge on any atom is 0.275 e. The van der Waals surface area contributed by atoms with Crippen LogP contribution in [0, 0.1) is 0 Å². The number of nitrogens with one attached hydrogen (secondary N) is 2. The van der Waals surface area contributed by atoms with Gasteiger partial charge in [0.05, 0.1) is 32.7 Å². The van der Waals surface area contributed by atoms with E-state index in [0.29, 0.717) is 19.6 Å². The van der Waals surface area contributed by atoms with Crippen LogP contribution in [-0.2, 0) is 14.4 Å². The van der Waals surface area contributed by atoms with Crippen molar-refractivity contribution in [2.24, 2.45) is 0 Å². The lowest BCUT2D eigenvalue weighted by Crippen LogP contribution is -3.16. The fraction of sp³-hybridized carbons (Fsp3) is 0.500. The van der Waals surface area contributed by atoms with Gasteiger partial charge >= 0.3 is 0 Å². The predicted octanol–water partition coefficient (Wildman–Crippen LogP) is -0.200. The van der Waals surface area contributed by atoms with Crippen molar-refractivity contribution < 1.29 is 19.3 Å². The Hall–Kier alpha value is -2.67. The number of amides is 3. The molecule has 0 bridgehead atoms. The summed E-state index contributed by atoms with van der Waals surface area (Å²) in [5.74, 6) is -0.236. The number of quaternary nitrogens is 1. The zero-order valence-electron chi connectivity index (χ0n) is 17.9. The number of hydrogen-bond acceptors (Lipinski definition) is 3. The summed E-state index contributed by atoms with van der Waals surface area (Å²) in [6.45, 7) is 9.01. The second-order valence-corrected chi connectivity index (χ2v) is 8.54. The first-order valence-electron chi connectivity index (χ1n) is 10.0. The van der Waals surface area contributed by atoms with E-state index < -0.39 is 0 Å². The average molecular weight is 402 g/mol. The van der Waals surface area contributed by atoms with Crippen molar-refractivity contribution in [3.8, 4) is 0 Å². The number of likely N-dealkylation sites (N-methyl/N-ethyl adjacent to an activating group) is 1. The van der Waals surface area contributed by atoms with E-state index in [-0.39, 0.29) is 29.8 Å². The monoisotopic (exact) mass is 401 g/mol. The van der Waals surface area contributed by atoms with Crippen LogP contribution in [0.3, 0.4) is 0 Å². The Morgan fingerprint density at radius 3 is 2.34 bits per heavy atom. The number of carbonyl (C=O) groups excluding carboxylic acids is 3. The van der Waals surface area contributed by atoms with Gasteiger partial charge in [-0.25, -0.2) is 0 Å². The van der Waals surface area contributed by atoms with Crippen LogP contribution in [-0.4, -0.2) is 79.4 Å². The van der Waals surface area contributed by atoms with Crippen LogP contribution in [0.2, 0.25) is 0 Å². The lowest BCUT2D eigenvalue weighted by atomic mass is 10.1. The van der Waals surface area contributed by atoms with Crippen LogP contribution in [0.5, 0.6) is 0 Å². The maximum absolute atomic E-state index is 12.5. The molecular weight excluding hydrogens is 368 g/mol. The minimum Gasteiger partial charge on any atom is -0.347 e. The molecule has 2 rings (SSSR count). The van der Waals surface area contributed by atoms with Crippen molar-refractivity contribution in [3.63, 3.8) is 0 Å². The van der Waals surface area contributed by atoms with Gasteiger partial charge in [-0.3, -0.25) is 14.4 Å². The third kappa shape index (κ3) is 8.07. The highest BCUT2D eigenvalue weighted by Crippen LogP contribution is 2.02. The molecule has 0 atom stereocenters. The fourth-order valence-corrected chi connectivity index (χ4v) is 3.18. The first kappa shape index (κ1) is 22.6. The van der Waals surface area contributed by atoms with Gasteiger partial charge in [-0.2, -0.15) is 0 Å². The van der Waals surface area contributed by atoms with E-state index in [9.17, 15) is 14.4 Å². The molecule has 1 fully saturated rings. The van der Waals surface area contributed by atoms with Gasteiger partial charge in [0.2, 0.25) is 11.8 Å². The number of benzene rings is 1. The van der Waals surface area contributed by atoms with Crippen LogP contribution in [0.25, 0.3) is 6.08 Å². The maximum atomic E-state index is 12.5. The quantitative estimate of drug-likeness (QED) is 0.649. The molecule has 1 aliphatic rings. The van der Waals surface area contributed by atoms with Gasteiger partial charge in [0.25, 0.3) is 5.91 Å². The van der Waals surface area contributed by atoms with Crippen molar-refractivity contribution in [2.75, 3.05) is 46.3 Å². The molecule has 1 aliphatic heterocycles. The smallest absolute Gasteiger partial charge is 0.275 e. The molecule has 7 heteroatoms. The summed E-state index contributed by atoms with van der Waals surface area (Å²) >= 11 is 0. The molecule has 1 aromatic rings. The highest BCUT2D eigenvalue weighted by molar-refractivity contribution is 5.94. The molecule has 0 aliphatic carbocycles. The van der Waals surface area contributed by atoms with Gasteiger partial charge in [-0.05, 0) is 32.4 Å². The number of hydrogen-bond donors (Lipinski definition) is 2. The molecule has 7 nitrogen and oxygen atoms in total. The molecule has 0 aromatic heterocycles. The first-order chi connectivity index (χ1) is 13.6. The van der Waals surface area contributed by atoms with Gasteiger partial charge in [0.15, 0.2) is 6.54 Å². The molecule has 0 spiro atoms. The van der Waals surface area contributed by atoms with Crippen molar-refractivity contribution in [1.82, 2.24) is 15.1 Å². The largest absolute Gasteiger partial charge is 0.347 e. The number of rotatable bonds is 6. The zero-order valence-corrected chi connectivity index (χ0v) is 17.9. The highest BCUT2D eigenvalue weighted by Gasteiger charge is 2.27. The summed E-state index contributed by atoms with van der Waals surface area (Å²) in [5, 5.41) is 2.97. The Labute approximate surface area is 173 Å². The minimum absolute atomic E-state index is 0.0304. The second kappa shape index (κ2) is 10.2. The van der Waals surface area contributed by atoms with Gasteiger partial charge in [-0.1, -0.05) is 30.3 Å². The third-order valence-electron chi connectivity index (χ3n) is 4.71. The molecule has 158 valence electrons. The van der Waals surface area contributed by atoms with Crippen LogP contribution in [0.1, 0.15) is 26.3 Å². The van der Waals surface area contributed by atoms with Crippen LogP contribution < -0.4 is 10.2 Å². The fourth-order valence-electron chi connectivity index (χ4n) is 3.18. The lowest BCUT2D eigenvalue weighted by molar-refractivity contribution is -0.896. The molecule has 1 saturated heterocycles.